The number of anilines is 1. The van der Waals surface area contributed by atoms with Crippen molar-refractivity contribution in [3.05, 3.63) is 57.0 Å². The maximum Gasteiger partial charge on any atom is 0.348 e. The average molecular weight is 355 g/mol. The van der Waals surface area contributed by atoms with Gasteiger partial charge in [0.25, 0.3) is 0 Å². The zero-order valence-corrected chi connectivity index (χ0v) is 14.3. The molecular formula is C18H17N3O3S. The number of ether oxygens (including phenoxy) is 1. The molecule has 25 heavy (non-hydrogen) atoms. The summed E-state index contributed by atoms with van der Waals surface area (Å²) >= 11 is 0.958. The molecule has 0 bridgehead atoms. The fourth-order valence-corrected chi connectivity index (χ4v) is 4.88. The molecule has 2 fully saturated rings. The van der Waals surface area contributed by atoms with Gasteiger partial charge in [0.15, 0.2) is 0 Å². The largest absolute Gasteiger partial charge is 0.381 e. The van der Waals surface area contributed by atoms with Crippen molar-refractivity contribution in [1.29, 1.82) is 5.26 Å². The van der Waals surface area contributed by atoms with Crippen molar-refractivity contribution in [3.8, 4) is 6.07 Å². The minimum Gasteiger partial charge on any atom is -0.381 e. The summed E-state index contributed by atoms with van der Waals surface area (Å²) < 4.78 is 5.71. The van der Waals surface area contributed by atoms with Gasteiger partial charge in [-0.3, -0.25) is 10.1 Å². The van der Waals surface area contributed by atoms with Crippen LogP contribution in [0, 0.1) is 27.4 Å². The van der Waals surface area contributed by atoms with Gasteiger partial charge in [-0.2, -0.15) is 5.26 Å². The van der Waals surface area contributed by atoms with Crippen LogP contribution in [0.25, 0.3) is 0 Å². The van der Waals surface area contributed by atoms with Crippen LogP contribution in [0.4, 0.5) is 10.7 Å². The van der Waals surface area contributed by atoms with Crippen LogP contribution in [-0.2, 0) is 4.74 Å². The molecule has 4 rings (SSSR count). The molecule has 2 aliphatic heterocycles. The molecule has 2 aliphatic rings. The molecule has 0 radical (unpaired) electrons. The number of hydrogen-bond acceptors (Lipinski definition) is 6. The molecule has 0 N–H and O–H groups in total. The molecule has 0 saturated carbocycles. The van der Waals surface area contributed by atoms with Gasteiger partial charge in [-0.15, -0.1) is 0 Å². The lowest BCUT2D eigenvalue weighted by molar-refractivity contribution is -0.379. The molecule has 3 atom stereocenters. The van der Waals surface area contributed by atoms with E-state index < -0.39 is 0 Å². The van der Waals surface area contributed by atoms with Crippen LogP contribution < -0.4 is 4.90 Å². The third kappa shape index (κ3) is 2.77. The van der Waals surface area contributed by atoms with Crippen LogP contribution in [0.2, 0.25) is 0 Å². The molecule has 0 aliphatic carbocycles. The Labute approximate surface area is 149 Å². The van der Waals surface area contributed by atoms with E-state index in [9.17, 15) is 10.1 Å². The first-order chi connectivity index (χ1) is 12.2. The Morgan fingerprint density at radius 1 is 1.36 bits per heavy atom. The molecular weight excluding hydrogens is 338 g/mol. The maximum atomic E-state index is 11.5. The molecule has 1 aromatic carbocycles. The number of nitriles is 1. The molecule has 3 unspecified atom stereocenters. The monoisotopic (exact) mass is 355 g/mol. The Balaban J connectivity index is 1.74. The Morgan fingerprint density at radius 3 is 2.88 bits per heavy atom. The number of nitrogens with zero attached hydrogens (tertiary/aromatic N) is 3. The lowest BCUT2D eigenvalue weighted by Gasteiger charge is -2.32. The summed E-state index contributed by atoms with van der Waals surface area (Å²) in [5, 5.41) is 20.7. The number of nitro groups is 1. The summed E-state index contributed by atoms with van der Waals surface area (Å²) in [5.74, 6) is 0.581. The SMILES string of the molecule is N#Cc1cc(N2CC(c3ccccc3)C3COCCC32)c([N+](=O)[O-])s1. The standard InChI is InChI=1S/C18H17N3O3S/c19-9-13-8-17(18(25-13)21(22)23)20-10-14(12-4-2-1-3-5-12)15-11-24-7-6-16(15)20/h1-5,8,14-16H,6-7,10-11H2. The summed E-state index contributed by atoms with van der Waals surface area (Å²) in [5.41, 5.74) is 1.82. The quantitative estimate of drug-likeness (QED) is 0.621. The van der Waals surface area contributed by atoms with E-state index in [4.69, 9.17) is 10.00 Å². The van der Waals surface area contributed by atoms with E-state index in [0.717, 1.165) is 17.8 Å². The van der Waals surface area contributed by atoms with Crippen LogP contribution in [0.5, 0.6) is 0 Å². The van der Waals surface area contributed by atoms with E-state index in [1.54, 1.807) is 6.07 Å². The average Bonchev–Trinajstić information content (AvgIpc) is 3.24. The summed E-state index contributed by atoms with van der Waals surface area (Å²) in [7, 11) is 0. The van der Waals surface area contributed by atoms with E-state index in [2.05, 4.69) is 17.0 Å². The Bertz CT molecular complexity index is 830. The number of rotatable bonds is 3. The first kappa shape index (κ1) is 16.1. The summed E-state index contributed by atoms with van der Waals surface area (Å²) in [4.78, 5) is 13.6. The minimum atomic E-state index is -0.370. The van der Waals surface area contributed by atoms with Crippen LogP contribution in [0.15, 0.2) is 36.4 Å². The molecule has 0 amide bonds. The fourth-order valence-electron chi connectivity index (χ4n) is 4.10. The van der Waals surface area contributed by atoms with E-state index in [1.165, 1.54) is 5.56 Å². The van der Waals surface area contributed by atoms with Gasteiger partial charge in [-0.05, 0) is 29.4 Å². The van der Waals surface area contributed by atoms with E-state index in [1.807, 2.05) is 24.3 Å². The van der Waals surface area contributed by atoms with Crippen molar-refractivity contribution in [2.75, 3.05) is 24.7 Å². The van der Waals surface area contributed by atoms with Crippen LogP contribution >= 0.6 is 11.3 Å². The van der Waals surface area contributed by atoms with Gasteiger partial charge in [0.05, 0.1) is 11.5 Å². The molecule has 0 spiro atoms. The number of thiophene rings is 1. The molecule has 3 heterocycles. The van der Waals surface area contributed by atoms with Gasteiger partial charge < -0.3 is 9.64 Å². The molecule has 7 heteroatoms. The highest BCUT2D eigenvalue weighted by Crippen LogP contribution is 2.47. The summed E-state index contributed by atoms with van der Waals surface area (Å²) in [6.07, 6.45) is 0.850. The molecule has 2 saturated heterocycles. The number of benzene rings is 1. The smallest absolute Gasteiger partial charge is 0.348 e. The van der Waals surface area contributed by atoms with Gasteiger partial charge in [0.1, 0.15) is 16.6 Å². The molecule has 2 aromatic rings. The first-order valence-electron chi connectivity index (χ1n) is 8.26. The van der Waals surface area contributed by atoms with Crippen LogP contribution in [0.1, 0.15) is 22.8 Å². The van der Waals surface area contributed by atoms with Gasteiger partial charge in [-0.25, -0.2) is 0 Å². The summed E-state index contributed by atoms with van der Waals surface area (Å²) in [6.45, 7) is 2.05. The van der Waals surface area contributed by atoms with Crippen molar-refractivity contribution in [2.24, 2.45) is 5.92 Å². The van der Waals surface area contributed by atoms with Crippen molar-refractivity contribution in [3.63, 3.8) is 0 Å². The Hall–Kier alpha value is -2.43. The van der Waals surface area contributed by atoms with Gasteiger partial charge in [0, 0.05) is 31.0 Å². The second kappa shape index (κ2) is 6.47. The zero-order valence-electron chi connectivity index (χ0n) is 13.5. The summed E-state index contributed by atoms with van der Waals surface area (Å²) in [6, 6.07) is 14.2. The highest BCUT2D eigenvalue weighted by atomic mass is 32.1. The lowest BCUT2D eigenvalue weighted by Crippen LogP contribution is -2.39. The zero-order chi connectivity index (χ0) is 17.4. The van der Waals surface area contributed by atoms with Gasteiger partial charge >= 0.3 is 5.00 Å². The molecule has 128 valence electrons. The van der Waals surface area contributed by atoms with E-state index in [0.29, 0.717) is 36.2 Å². The fraction of sp³-hybridized carbons (Fsp3) is 0.389. The van der Waals surface area contributed by atoms with Crippen LogP contribution in [-0.4, -0.2) is 30.7 Å². The highest BCUT2D eigenvalue weighted by Gasteiger charge is 2.46. The van der Waals surface area contributed by atoms with Crippen LogP contribution in [0.3, 0.4) is 0 Å². The third-order valence-electron chi connectivity index (χ3n) is 5.18. The number of hydrogen-bond donors (Lipinski definition) is 0. The Kier molecular flexibility index (Phi) is 4.15. The minimum absolute atomic E-state index is 0.0653. The van der Waals surface area contributed by atoms with Crippen molar-refractivity contribution in [2.45, 2.75) is 18.4 Å². The first-order valence-corrected chi connectivity index (χ1v) is 9.08. The Morgan fingerprint density at radius 2 is 2.16 bits per heavy atom. The maximum absolute atomic E-state index is 11.5. The van der Waals surface area contributed by atoms with Gasteiger partial charge in [0.2, 0.25) is 0 Å². The predicted octanol–water partition coefficient (Wildman–Crippen LogP) is 3.54. The molecule has 6 nitrogen and oxygen atoms in total. The topological polar surface area (TPSA) is 79.4 Å². The van der Waals surface area contributed by atoms with E-state index >= 15 is 0 Å². The third-order valence-corrected chi connectivity index (χ3v) is 6.16. The normalized spacial score (nSPS) is 25.4. The second-order valence-corrected chi connectivity index (χ2v) is 7.46. The van der Waals surface area contributed by atoms with E-state index in [-0.39, 0.29) is 21.9 Å². The second-order valence-electron chi connectivity index (χ2n) is 6.43. The lowest BCUT2D eigenvalue weighted by atomic mass is 9.84. The van der Waals surface area contributed by atoms with Crippen molar-refractivity contribution < 1.29 is 9.66 Å². The van der Waals surface area contributed by atoms with Crippen molar-refractivity contribution in [1.82, 2.24) is 0 Å². The van der Waals surface area contributed by atoms with Gasteiger partial charge in [-0.1, -0.05) is 30.3 Å². The highest BCUT2D eigenvalue weighted by molar-refractivity contribution is 7.16. The van der Waals surface area contributed by atoms with Crippen molar-refractivity contribution >= 4 is 22.0 Å². The predicted molar refractivity (Wildman–Crippen MR) is 94.9 cm³/mol. The number of fused-ring (bicyclic) bond motifs is 1. The molecule has 1 aromatic heterocycles.